The molecule has 0 fully saturated rings. The lowest BCUT2D eigenvalue weighted by Gasteiger charge is -2.10. The van der Waals surface area contributed by atoms with Gasteiger partial charge in [-0.25, -0.2) is 0 Å². The van der Waals surface area contributed by atoms with Gasteiger partial charge in [0.25, 0.3) is 0 Å². The van der Waals surface area contributed by atoms with Gasteiger partial charge < -0.3 is 10.6 Å². The summed E-state index contributed by atoms with van der Waals surface area (Å²) in [6.45, 7) is 9.74. The molecule has 0 bridgehead atoms. The fourth-order valence-corrected chi connectivity index (χ4v) is 1.73. The van der Waals surface area contributed by atoms with Crippen molar-refractivity contribution in [1.29, 1.82) is 0 Å². The van der Waals surface area contributed by atoms with Crippen LogP contribution in [0.1, 0.15) is 45.6 Å². The Kier molecular flexibility index (Phi) is 6.40. The molecule has 0 spiro atoms. The van der Waals surface area contributed by atoms with Crippen LogP contribution in [0.2, 0.25) is 0 Å². The molecule has 19 heavy (non-hydrogen) atoms. The molecule has 3 heteroatoms. The van der Waals surface area contributed by atoms with Gasteiger partial charge >= 0.3 is 0 Å². The van der Waals surface area contributed by atoms with E-state index >= 15 is 0 Å². The fourth-order valence-electron chi connectivity index (χ4n) is 1.73. The van der Waals surface area contributed by atoms with Crippen molar-refractivity contribution in [2.45, 2.75) is 40.0 Å². The van der Waals surface area contributed by atoms with Gasteiger partial charge in [-0.15, -0.1) is 0 Å². The average molecular weight is 262 g/mol. The van der Waals surface area contributed by atoms with Crippen LogP contribution in [0.4, 0.5) is 5.69 Å². The molecule has 1 amide bonds. The average Bonchev–Trinajstić information content (AvgIpc) is 2.36. The summed E-state index contributed by atoms with van der Waals surface area (Å²) in [4.78, 5) is 11.6. The summed E-state index contributed by atoms with van der Waals surface area (Å²) < 4.78 is 0. The van der Waals surface area contributed by atoms with E-state index in [-0.39, 0.29) is 5.91 Å². The first kappa shape index (κ1) is 15.5. The molecule has 1 aromatic carbocycles. The van der Waals surface area contributed by atoms with Crippen molar-refractivity contribution in [1.82, 2.24) is 5.32 Å². The molecule has 0 aliphatic rings. The molecule has 0 aliphatic heterocycles. The Morgan fingerprint density at radius 1 is 1.11 bits per heavy atom. The van der Waals surface area contributed by atoms with Crippen LogP contribution in [0.3, 0.4) is 0 Å². The lowest BCUT2D eigenvalue weighted by molar-refractivity contribution is -0.119. The Labute approximate surface area is 116 Å². The van der Waals surface area contributed by atoms with Crippen molar-refractivity contribution in [3.63, 3.8) is 0 Å². The maximum Gasteiger partial charge on any atom is 0.239 e. The minimum absolute atomic E-state index is 0.0496. The third kappa shape index (κ3) is 6.27. The Hall–Kier alpha value is -1.51. The molecule has 0 unspecified atom stereocenters. The maximum absolute atomic E-state index is 11.6. The smallest absolute Gasteiger partial charge is 0.239 e. The zero-order valence-corrected chi connectivity index (χ0v) is 12.5. The standard InChI is InChI=1S/C16H26N2O/c1-12(2)9-10-17-16(19)11-18-15-7-5-14(6-8-15)13(3)4/h5-8,12-13,18H,9-11H2,1-4H3,(H,17,19). The Bertz CT molecular complexity index is 382. The van der Waals surface area contributed by atoms with Gasteiger partial charge in [-0.3, -0.25) is 4.79 Å². The molecule has 0 saturated heterocycles. The number of benzene rings is 1. The molecule has 0 radical (unpaired) electrons. The van der Waals surface area contributed by atoms with E-state index in [1.807, 2.05) is 12.1 Å². The largest absolute Gasteiger partial charge is 0.376 e. The van der Waals surface area contributed by atoms with E-state index in [0.717, 1.165) is 18.7 Å². The highest BCUT2D eigenvalue weighted by Gasteiger charge is 2.02. The van der Waals surface area contributed by atoms with Gasteiger partial charge in [0.2, 0.25) is 5.91 Å². The highest BCUT2D eigenvalue weighted by atomic mass is 16.1. The van der Waals surface area contributed by atoms with E-state index in [4.69, 9.17) is 0 Å². The van der Waals surface area contributed by atoms with Gasteiger partial charge in [0.05, 0.1) is 6.54 Å². The van der Waals surface area contributed by atoms with Gasteiger partial charge in [0.15, 0.2) is 0 Å². The third-order valence-electron chi connectivity index (χ3n) is 3.07. The SMILES string of the molecule is CC(C)CCNC(=O)CNc1ccc(C(C)C)cc1. The zero-order valence-electron chi connectivity index (χ0n) is 12.5. The van der Waals surface area contributed by atoms with E-state index in [0.29, 0.717) is 18.4 Å². The van der Waals surface area contributed by atoms with Gasteiger partial charge in [-0.2, -0.15) is 0 Å². The van der Waals surface area contributed by atoms with Crippen molar-refractivity contribution in [2.75, 3.05) is 18.4 Å². The van der Waals surface area contributed by atoms with Crippen molar-refractivity contribution in [3.8, 4) is 0 Å². The molecular weight excluding hydrogens is 236 g/mol. The Morgan fingerprint density at radius 2 is 1.74 bits per heavy atom. The molecule has 0 aliphatic carbocycles. The topological polar surface area (TPSA) is 41.1 Å². The minimum atomic E-state index is 0.0496. The van der Waals surface area contributed by atoms with E-state index in [2.05, 4.69) is 50.5 Å². The van der Waals surface area contributed by atoms with Crippen LogP contribution < -0.4 is 10.6 Å². The van der Waals surface area contributed by atoms with E-state index < -0.39 is 0 Å². The summed E-state index contributed by atoms with van der Waals surface area (Å²) in [5.41, 5.74) is 2.30. The number of nitrogens with one attached hydrogen (secondary N) is 2. The molecule has 1 rings (SSSR count). The lowest BCUT2D eigenvalue weighted by atomic mass is 10.0. The number of hydrogen-bond donors (Lipinski definition) is 2. The summed E-state index contributed by atoms with van der Waals surface area (Å²) in [6.07, 6.45) is 1.02. The Morgan fingerprint density at radius 3 is 2.26 bits per heavy atom. The highest BCUT2D eigenvalue weighted by molar-refractivity contribution is 5.80. The summed E-state index contributed by atoms with van der Waals surface area (Å²) in [5, 5.41) is 6.05. The maximum atomic E-state index is 11.6. The molecule has 0 heterocycles. The molecule has 0 aromatic heterocycles. The van der Waals surface area contributed by atoms with Crippen molar-refractivity contribution in [2.24, 2.45) is 5.92 Å². The number of anilines is 1. The monoisotopic (exact) mass is 262 g/mol. The first-order chi connectivity index (χ1) is 8.99. The summed E-state index contributed by atoms with van der Waals surface area (Å²) in [7, 11) is 0. The lowest BCUT2D eigenvalue weighted by Crippen LogP contribution is -2.31. The number of amides is 1. The zero-order chi connectivity index (χ0) is 14.3. The molecule has 3 nitrogen and oxygen atoms in total. The summed E-state index contributed by atoms with van der Waals surface area (Å²) in [6, 6.07) is 8.25. The first-order valence-electron chi connectivity index (χ1n) is 7.09. The van der Waals surface area contributed by atoms with E-state index in [1.165, 1.54) is 5.56 Å². The molecule has 106 valence electrons. The second-order valence-corrected chi connectivity index (χ2v) is 5.66. The van der Waals surface area contributed by atoms with Crippen LogP contribution in [0.25, 0.3) is 0 Å². The van der Waals surface area contributed by atoms with E-state index in [9.17, 15) is 4.79 Å². The van der Waals surface area contributed by atoms with Crippen LogP contribution in [-0.2, 0) is 4.79 Å². The van der Waals surface area contributed by atoms with Gasteiger partial charge in [0, 0.05) is 12.2 Å². The third-order valence-corrected chi connectivity index (χ3v) is 3.07. The molecule has 2 N–H and O–H groups in total. The molecule has 0 saturated carbocycles. The van der Waals surface area contributed by atoms with Crippen molar-refractivity contribution < 1.29 is 4.79 Å². The quantitative estimate of drug-likeness (QED) is 0.791. The Balaban J connectivity index is 2.30. The van der Waals surface area contributed by atoms with Crippen LogP contribution in [0.15, 0.2) is 24.3 Å². The van der Waals surface area contributed by atoms with Gasteiger partial charge in [0.1, 0.15) is 0 Å². The van der Waals surface area contributed by atoms with Crippen LogP contribution >= 0.6 is 0 Å². The van der Waals surface area contributed by atoms with Crippen LogP contribution in [-0.4, -0.2) is 19.0 Å². The molecular formula is C16H26N2O. The van der Waals surface area contributed by atoms with Crippen LogP contribution in [0, 0.1) is 5.92 Å². The van der Waals surface area contributed by atoms with Gasteiger partial charge in [-0.05, 0) is 36.0 Å². The molecule has 0 atom stereocenters. The summed E-state index contributed by atoms with van der Waals surface area (Å²) >= 11 is 0. The molecule has 1 aromatic rings. The number of hydrogen-bond acceptors (Lipinski definition) is 2. The summed E-state index contributed by atoms with van der Waals surface area (Å²) in [5.74, 6) is 1.21. The van der Waals surface area contributed by atoms with Crippen LogP contribution in [0.5, 0.6) is 0 Å². The number of carbonyl (C=O) groups is 1. The van der Waals surface area contributed by atoms with Crippen molar-refractivity contribution in [3.05, 3.63) is 29.8 Å². The fraction of sp³-hybridized carbons (Fsp3) is 0.562. The highest BCUT2D eigenvalue weighted by Crippen LogP contribution is 2.16. The number of rotatable bonds is 7. The number of carbonyl (C=O) groups excluding carboxylic acids is 1. The minimum Gasteiger partial charge on any atom is -0.376 e. The second-order valence-electron chi connectivity index (χ2n) is 5.66. The first-order valence-corrected chi connectivity index (χ1v) is 7.09. The normalized spacial score (nSPS) is 10.8. The predicted octanol–water partition coefficient (Wildman–Crippen LogP) is 3.38. The predicted molar refractivity (Wildman–Crippen MR) is 81.5 cm³/mol. The van der Waals surface area contributed by atoms with E-state index in [1.54, 1.807) is 0 Å². The van der Waals surface area contributed by atoms with Gasteiger partial charge in [-0.1, -0.05) is 39.8 Å². The second kappa shape index (κ2) is 7.82. The van der Waals surface area contributed by atoms with Crippen molar-refractivity contribution >= 4 is 11.6 Å².